The Morgan fingerprint density at radius 3 is 1.35 bits per heavy atom. The highest BCUT2D eigenvalue weighted by Gasteiger charge is 2.51. The van der Waals surface area contributed by atoms with Crippen molar-refractivity contribution < 1.29 is 4.42 Å². The minimum Gasteiger partial charge on any atom is -0.456 e. The molecule has 0 fully saturated rings. The van der Waals surface area contributed by atoms with Crippen molar-refractivity contribution in [2.75, 3.05) is 4.90 Å². The van der Waals surface area contributed by atoms with Gasteiger partial charge < -0.3 is 9.32 Å². The molecular weight excluding hydrogens is 835 g/mol. The van der Waals surface area contributed by atoms with Crippen LogP contribution in [0.25, 0.3) is 98.8 Å². The molecule has 15 rings (SSSR count). The predicted octanol–water partition coefficient (Wildman–Crippen LogP) is 18.2. The fourth-order valence-electron chi connectivity index (χ4n) is 12.3. The van der Waals surface area contributed by atoms with Crippen molar-refractivity contribution in [2.24, 2.45) is 0 Å². The maximum absolute atomic E-state index is 6.29. The monoisotopic (exact) mass is 875 g/mol. The number of nitrogens with zero attached hydrogens (tertiary/aromatic N) is 1. The molecule has 0 unspecified atom stereocenters. The standard InChI is InChI=1S/C67H41NO/c1-2-18-51-49(16-1)50-17-3-4-19-52(50)59-40-47(33-36-53(51)59)68(46-31-28-42(29-32-46)43-14-13-15-44(38-43)45-30-35-58-57-23-8-12-27-65(57)69-66(58)39-45)48-34-37-64-60(41-48)56-22-7-11-26-63(56)67(64)61-24-9-5-20-54(61)55-21-6-10-25-62(55)67/h1-41H. The van der Waals surface area contributed by atoms with E-state index in [1.807, 2.05) is 12.1 Å². The van der Waals surface area contributed by atoms with Crippen LogP contribution in [-0.2, 0) is 5.41 Å². The summed E-state index contributed by atoms with van der Waals surface area (Å²) in [6, 6.07) is 91.9. The molecule has 0 saturated heterocycles. The Morgan fingerprint density at radius 2 is 0.681 bits per heavy atom. The van der Waals surface area contributed by atoms with Crippen LogP contribution in [-0.4, -0.2) is 0 Å². The van der Waals surface area contributed by atoms with Gasteiger partial charge in [-0.15, -0.1) is 0 Å². The summed E-state index contributed by atoms with van der Waals surface area (Å²) in [6.45, 7) is 0. The molecule has 13 aromatic rings. The van der Waals surface area contributed by atoms with Gasteiger partial charge in [-0.2, -0.15) is 0 Å². The summed E-state index contributed by atoms with van der Waals surface area (Å²) in [4.78, 5) is 2.45. The van der Waals surface area contributed by atoms with E-state index in [-0.39, 0.29) is 0 Å². The number of anilines is 3. The zero-order chi connectivity index (χ0) is 45.2. The number of benzene rings is 12. The molecule has 0 saturated carbocycles. The van der Waals surface area contributed by atoms with Gasteiger partial charge in [0.05, 0.1) is 5.41 Å². The zero-order valence-corrected chi connectivity index (χ0v) is 37.5. The summed E-state index contributed by atoms with van der Waals surface area (Å²) in [6.07, 6.45) is 0. The third-order valence-corrected chi connectivity index (χ3v) is 15.3. The first-order chi connectivity index (χ1) is 34.2. The van der Waals surface area contributed by atoms with Gasteiger partial charge in [0.15, 0.2) is 0 Å². The summed E-state index contributed by atoms with van der Waals surface area (Å²) in [7, 11) is 0. The van der Waals surface area contributed by atoms with Gasteiger partial charge in [0.25, 0.3) is 0 Å². The van der Waals surface area contributed by atoms with Crippen LogP contribution in [0.4, 0.5) is 17.1 Å². The molecule has 1 heterocycles. The molecule has 12 aromatic carbocycles. The van der Waals surface area contributed by atoms with Crippen molar-refractivity contribution in [1.82, 2.24) is 0 Å². The number of rotatable bonds is 5. The Kier molecular flexibility index (Phi) is 8.02. The third-order valence-electron chi connectivity index (χ3n) is 15.3. The summed E-state index contributed by atoms with van der Waals surface area (Å²) < 4.78 is 6.29. The van der Waals surface area contributed by atoms with Crippen LogP contribution in [0.2, 0.25) is 0 Å². The second-order valence-corrected chi connectivity index (χ2v) is 18.7. The molecule has 69 heavy (non-hydrogen) atoms. The molecular formula is C67H41NO. The van der Waals surface area contributed by atoms with E-state index in [0.29, 0.717) is 0 Å². The van der Waals surface area contributed by atoms with Crippen LogP contribution in [0.3, 0.4) is 0 Å². The van der Waals surface area contributed by atoms with Gasteiger partial charge in [0.1, 0.15) is 11.2 Å². The normalized spacial score (nSPS) is 13.0. The fraction of sp³-hybridized carbons (Fsp3) is 0.0149. The van der Waals surface area contributed by atoms with Crippen LogP contribution in [0.15, 0.2) is 253 Å². The van der Waals surface area contributed by atoms with Crippen LogP contribution in [0.5, 0.6) is 0 Å². The topological polar surface area (TPSA) is 16.4 Å². The van der Waals surface area contributed by atoms with Crippen molar-refractivity contribution in [1.29, 1.82) is 0 Å². The molecule has 0 aliphatic heterocycles. The third kappa shape index (κ3) is 5.43. The highest BCUT2D eigenvalue weighted by molar-refractivity contribution is 6.26. The largest absolute Gasteiger partial charge is 0.456 e. The maximum Gasteiger partial charge on any atom is 0.136 e. The number of hydrogen-bond donors (Lipinski definition) is 0. The van der Waals surface area contributed by atoms with E-state index in [0.717, 1.165) is 61.3 Å². The van der Waals surface area contributed by atoms with Crippen LogP contribution in [0.1, 0.15) is 22.3 Å². The average Bonchev–Trinajstić information content (AvgIpc) is 4.05. The van der Waals surface area contributed by atoms with E-state index in [9.17, 15) is 0 Å². The van der Waals surface area contributed by atoms with E-state index >= 15 is 0 Å². The van der Waals surface area contributed by atoms with E-state index in [1.165, 1.54) is 76.8 Å². The Hall–Kier alpha value is -8.98. The van der Waals surface area contributed by atoms with Gasteiger partial charge >= 0.3 is 0 Å². The smallest absolute Gasteiger partial charge is 0.136 e. The van der Waals surface area contributed by atoms with Gasteiger partial charge in [-0.05, 0) is 160 Å². The minimum atomic E-state index is -0.403. The maximum atomic E-state index is 6.29. The molecule has 2 aliphatic rings. The second kappa shape index (κ2) is 14.5. The van der Waals surface area contributed by atoms with Gasteiger partial charge in [0, 0.05) is 27.8 Å². The molecule has 0 atom stereocenters. The summed E-state index contributed by atoms with van der Waals surface area (Å²) in [5.41, 5.74) is 19.9. The Balaban J connectivity index is 0.900. The molecule has 2 aliphatic carbocycles. The minimum absolute atomic E-state index is 0.403. The Labute approximate surface area is 399 Å². The second-order valence-electron chi connectivity index (χ2n) is 18.7. The van der Waals surface area contributed by atoms with E-state index in [4.69, 9.17) is 4.42 Å². The molecule has 0 radical (unpaired) electrons. The van der Waals surface area contributed by atoms with Crippen molar-refractivity contribution in [3.05, 3.63) is 271 Å². The molecule has 0 N–H and O–H groups in total. The van der Waals surface area contributed by atoms with Crippen molar-refractivity contribution in [3.63, 3.8) is 0 Å². The van der Waals surface area contributed by atoms with E-state index in [2.05, 4.69) is 241 Å². The molecule has 1 aromatic heterocycles. The Bertz CT molecular complexity index is 4190. The number of para-hydroxylation sites is 1. The number of fused-ring (bicyclic) bond motifs is 19. The first kappa shape index (κ1) is 38.2. The van der Waals surface area contributed by atoms with Gasteiger partial charge in [-0.25, -0.2) is 0 Å². The fourth-order valence-corrected chi connectivity index (χ4v) is 12.3. The van der Waals surface area contributed by atoms with Crippen LogP contribution >= 0.6 is 0 Å². The van der Waals surface area contributed by atoms with E-state index in [1.54, 1.807) is 0 Å². The zero-order valence-electron chi connectivity index (χ0n) is 37.5. The summed E-state index contributed by atoms with van der Waals surface area (Å²) >= 11 is 0. The van der Waals surface area contributed by atoms with Crippen LogP contribution in [0, 0.1) is 0 Å². The molecule has 0 amide bonds. The van der Waals surface area contributed by atoms with Crippen molar-refractivity contribution >= 4 is 71.3 Å². The lowest BCUT2D eigenvalue weighted by atomic mass is 9.70. The van der Waals surface area contributed by atoms with Crippen molar-refractivity contribution in [2.45, 2.75) is 5.41 Å². The quantitative estimate of drug-likeness (QED) is 0.160. The van der Waals surface area contributed by atoms with Gasteiger partial charge in [-0.1, -0.05) is 188 Å². The molecule has 2 heteroatoms. The SMILES string of the molecule is c1cc(-c2ccc(N(c3ccc4c(c3)-c3ccccc3C43c4ccccc4-c4ccccc43)c3ccc4c5ccccc5c5ccccc5c4c3)cc2)cc(-c2ccc3c(c2)oc2ccccc23)c1. The number of hydrogen-bond acceptors (Lipinski definition) is 2. The highest BCUT2D eigenvalue weighted by atomic mass is 16.3. The lowest BCUT2D eigenvalue weighted by molar-refractivity contribution is 0.669. The van der Waals surface area contributed by atoms with E-state index < -0.39 is 5.41 Å². The molecule has 320 valence electrons. The number of furan rings is 1. The van der Waals surface area contributed by atoms with Crippen molar-refractivity contribution in [3.8, 4) is 44.5 Å². The molecule has 1 spiro atoms. The molecule has 2 nitrogen and oxygen atoms in total. The van der Waals surface area contributed by atoms with Gasteiger partial charge in [-0.3, -0.25) is 0 Å². The highest BCUT2D eigenvalue weighted by Crippen LogP contribution is 2.63. The first-order valence-corrected chi connectivity index (χ1v) is 23.9. The summed E-state index contributed by atoms with van der Waals surface area (Å²) in [5.74, 6) is 0. The predicted molar refractivity (Wildman–Crippen MR) is 288 cm³/mol. The summed E-state index contributed by atoms with van der Waals surface area (Å²) in [5, 5.41) is 9.85. The average molecular weight is 876 g/mol. The first-order valence-electron chi connectivity index (χ1n) is 23.9. The lowest BCUT2D eigenvalue weighted by Gasteiger charge is -2.31. The van der Waals surface area contributed by atoms with Gasteiger partial charge in [0.2, 0.25) is 0 Å². The molecule has 0 bridgehead atoms. The lowest BCUT2D eigenvalue weighted by Crippen LogP contribution is -2.25. The van der Waals surface area contributed by atoms with Crippen LogP contribution < -0.4 is 4.90 Å². The Morgan fingerprint density at radius 1 is 0.246 bits per heavy atom.